The molecule has 0 unspecified atom stereocenters. The Labute approximate surface area is 233 Å². The maximum Gasteiger partial charge on any atom is 0.253 e. The van der Waals surface area contributed by atoms with Crippen molar-refractivity contribution in [1.82, 2.24) is 0 Å². The van der Waals surface area contributed by atoms with E-state index in [1.54, 1.807) is 14.2 Å². The van der Waals surface area contributed by atoms with Crippen LogP contribution in [0.2, 0.25) is 0 Å². The van der Waals surface area contributed by atoms with Crippen molar-refractivity contribution in [2.75, 3.05) is 57.8 Å². The van der Waals surface area contributed by atoms with E-state index in [1.165, 1.54) is 0 Å². The lowest BCUT2D eigenvalue weighted by Crippen LogP contribution is -2.45. The van der Waals surface area contributed by atoms with Crippen LogP contribution in [0.3, 0.4) is 0 Å². The second-order valence-corrected chi connectivity index (χ2v) is 10.7. The van der Waals surface area contributed by atoms with Crippen molar-refractivity contribution in [2.45, 2.75) is 71.4 Å². The van der Waals surface area contributed by atoms with Crippen LogP contribution in [0, 0.1) is 11.8 Å². The molecule has 0 bridgehead atoms. The Bertz CT molecular complexity index is 1070. The summed E-state index contributed by atoms with van der Waals surface area (Å²) in [6.07, 6.45) is 4.38. The summed E-state index contributed by atoms with van der Waals surface area (Å²) >= 11 is 0. The van der Waals surface area contributed by atoms with E-state index >= 15 is 0 Å². The number of ether oxygens (including phenoxy) is 3. The van der Waals surface area contributed by atoms with Crippen LogP contribution in [0.25, 0.3) is 0 Å². The first-order valence-electron chi connectivity index (χ1n) is 14.1. The fourth-order valence-corrected chi connectivity index (χ4v) is 4.72. The van der Waals surface area contributed by atoms with Crippen molar-refractivity contribution in [3.05, 3.63) is 44.2 Å². The molecule has 0 saturated heterocycles. The fourth-order valence-electron chi connectivity index (χ4n) is 4.72. The lowest BCUT2D eigenvalue weighted by atomic mass is 9.83. The molecule has 220 valence electrons. The molecule has 0 saturated carbocycles. The second-order valence-electron chi connectivity index (χ2n) is 10.7. The minimum absolute atomic E-state index is 0.106. The first-order valence-corrected chi connectivity index (χ1v) is 14.1. The molecule has 0 amide bonds. The maximum atomic E-state index is 12.2. The molecule has 39 heavy (non-hydrogen) atoms. The van der Waals surface area contributed by atoms with E-state index in [-0.39, 0.29) is 18.2 Å². The highest BCUT2D eigenvalue weighted by atomic mass is 16.5. The molecule has 3 atom stereocenters. The summed E-state index contributed by atoms with van der Waals surface area (Å²) in [6, 6.07) is 5.46. The zero-order chi connectivity index (χ0) is 28.9. The Morgan fingerprint density at radius 2 is 1.79 bits per heavy atom. The van der Waals surface area contributed by atoms with Crippen LogP contribution in [0.15, 0.2) is 27.8 Å². The molecule has 0 fully saturated rings. The van der Waals surface area contributed by atoms with E-state index in [9.17, 15) is 14.7 Å². The maximum absolute atomic E-state index is 12.2. The van der Waals surface area contributed by atoms with Gasteiger partial charge in [0.25, 0.3) is 10.9 Å². The normalized spacial score (nSPS) is 13.9. The Kier molecular flexibility index (Phi) is 13.8. The third-order valence-corrected chi connectivity index (χ3v) is 7.34. The number of nitrogens with one attached hydrogen (secondary N) is 1. The van der Waals surface area contributed by atoms with Crippen LogP contribution in [0.4, 0.5) is 11.4 Å². The number of aliphatic hydroxyl groups excluding tert-OH is 1. The van der Waals surface area contributed by atoms with Crippen molar-refractivity contribution in [3.8, 4) is 11.5 Å². The predicted octanol–water partition coefficient (Wildman–Crippen LogP) is 3.34. The van der Waals surface area contributed by atoms with Gasteiger partial charge in [0, 0.05) is 46.3 Å². The van der Waals surface area contributed by atoms with Crippen LogP contribution in [0.5, 0.6) is 11.5 Å². The lowest BCUT2D eigenvalue weighted by molar-refractivity contribution is 0.137. The number of methoxy groups -OCH3 is 2. The van der Waals surface area contributed by atoms with Crippen molar-refractivity contribution in [2.24, 2.45) is 17.6 Å². The number of nitrogens with zero attached hydrogens (tertiary/aromatic N) is 1. The zero-order valence-electron chi connectivity index (χ0n) is 24.6. The van der Waals surface area contributed by atoms with E-state index in [4.69, 9.17) is 19.9 Å². The summed E-state index contributed by atoms with van der Waals surface area (Å²) in [4.78, 5) is 26.2. The first kappa shape index (κ1) is 32.6. The Balaban J connectivity index is 1.99. The molecular weight excluding hydrogens is 498 g/mol. The highest BCUT2D eigenvalue weighted by Crippen LogP contribution is 2.31. The van der Waals surface area contributed by atoms with Gasteiger partial charge in [0.2, 0.25) is 0 Å². The van der Waals surface area contributed by atoms with Gasteiger partial charge >= 0.3 is 0 Å². The van der Waals surface area contributed by atoms with Gasteiger partial charge in [-0.1, -0.05) is 39.7 Å². The summed E-state index contributed by atoms with van der Waals surface area (Å²) in [5.74, 6) is 1.94. The monoisotopic (exact) mass is 547 g/mol. The SMILES string of the molecule is CCCCCN(C)c1c(NC[C@@H](O)[C@@H](N)C[C@H](Cc2ccc(OC)c(OCCCOC)c2)C(C)C)c(=O)c1=O. The average Bonchev–Trinajstić information content (AvgIpc) is 2.92. The summed E-state index contributed by atoms with van der Waals surface area (Å²) in [5.41, 5.74) is 7.21. The molecule has 4 N–H and O–H groups in total. The van der Waals surface area contributed by atoms with Crippen LogP contribution < -0.4 is 36.3 Å². The molecule has 9 nitrogen and oxygen atoms in total. The van der Waals surface area contributed by atoms with Gasteiger partial charge < -0.3 is 35.3 Å². The van der Waals surface area contributed by atoms with Gasteiger partial charge in [0.05, 0.1) is 19.8 Å². The number of rotatable bonds is 20. The molecule has 0 spiro atoms. The quantitative estimate of drug-likeness (QED) is 0.169. The Morgan fingerprint density at radius 1 is 1.05 bits per heavy atom. The summed E-state index contributed by atoms with van der Waals surface area (Å²) in [6.45, 7) is 8.39. The van der Waals surface area contributed by atoms with E-state index in [0.29, 0.717) is 49.3 Å². The van der Waals surface area contributed by atoms with Crippen LogP contribution in [0.1, 0.15) is 58.4 Å². The summed E-state index contributed by atoms with van der Waals surface area (Å²) < 4.78 is 16.5. The van der Waals surface area contributed by atoms with Gasteiger partial charge in [-0.3, -0.25) is 9.59 Å². The molecule has 0 radical (unpaired) electrons. The van der Waals surface area contributed by atoms with E-state index in [0.717, 1.165) is 37.7 Å². The number of unbranched alkanes of at least 4 members (excludes halogenated alkanes) is 2. The Hall–Kier alpha value is -2.62. The standard InChI is InChI=1S/C30H49N3O6/c1-7-8-9-13-33(4)28-27(29(35)30(28)36)32-19-24(34)23(31)18-22(20(2)3)16-21-11-12-25(38-6)26(17-21)39-15-10-14-37-5/h11-12,17,20,22-24,32,34H,7-10,13-16,18-19,31H2,1-6H3/t22-,23-,24+/m0/s1. The van der Waals surface area contributed by atoms with Crippen LogP contribution >= 0.6 is 0 Å². The number of hydrogen-bond acceptors (Lipinski definition) is 9. The summed E-state index contributed by atoms with van der Waals surface area (Å²) in [5, 5.41) is 13.8. The van der Waals surface area contributed by atoms with Gasteiger partial charge in [-0.2, -0.15) is 0 Å². The van der Waals surface area contributed by atoms with Crippen molar-refractivity contribution >= 4 is 11.4 Å². The molecule has 2 aromatic rings. The lowest BCUT2D eigenvalue weighted by Gasteiger charge is -2.28. The molecule has 0 aliphatic heterocycles. The number of anilines is 2. The molecule has 2 rings (SSSR count). The number of benzene rings is 1. The zero-order valence-corrected chi connectivity index (χ0v) is 24.6. The minimum Gasteiger partial charge on any atom is -0.493 e. The summed E-state index contributed by atoms with van der Waals surface area (Å²) in [7, 11) is 5.11. The highest BCUT2D eigenvalue weighted by molar-refractivity contribution is 5.75. The van der Waals surface area contributed by atoms with Gasteiger partial charge in [-0.05, 0) is 48.8 Å². The van der Waals surface area contributed by atoms with E-state index in [1.807, 2.05) is 30.1 Å². The van der Waals surface area contributed by atoms with Gasteiger partial charge in [0.1, 0.15) is 11.4 Å². The number of hydrogen-bond donors (Lipinski definition) is 3. The first-order chi connectivity index (χ1) is 18.6. The topological polar surface area (TPSA) is 123 Å². The largest absolute Gasteiger partial charge is 0.493 e. The van der Waals surface area contributed by atoms with Gasteiger partial charge in [0.15, 0.2) is 11.5 Å². The molecule has 2 aromatic carbocycles. The molecule has 9 heteroatoms. The number of nitrogens with two attached hydrogens (primary N) is 1. The van der Waals surface area contributed by atoms with Gasteiger partial charge in [-0.25, -0.2) is 0 Å². The van der Waals surface area contributed by atoms with Gasteiger partial charge in [-0.15, -0.1) is 0 Å². The van der Waals surface area contributed by atoms with Crippen molar-refractivity contribution in [1.29, 1.82) is 0 Å². The fraction of sp³-hybridized carbons (Fsp3) is 0.667. The highest BCUT2D eigenvalue weighted by Gasteiger charge is 2.27. The van der Waals surface area contributed by atoms with Crippen LogP contribution in [-0.4, -0.2) is 64.8 Å². The Morgan fingerprint density at radius 3 is 2.44 bits per heavy atom. The van der Waals surface area contributed by atoms with Crippen molar-refractivity contribution < 1.29 is 19.3 Å². The molecule has 0 aromatic heterocycles. The van der Waals surface area contributed by atoms with Crippen LogP contribution in [-0.2, 0) is 11.2 Å². The molecule has 0 aliphatic carbocycles. The smallest absolute Gasteiger partial charge is 0.253 e. The van der Waals surface area contributed by atoms with Crippen molar-refractivity contribution in [3.63, 3.8) is 0 Å². The molecule has 0 aliphatic rings. The molecule has 0 heterocycles. The third kappa shape index (κ3) is 9.51. The van der Waals surface area contributed by atoms with E-state index in [2.05, 4.69) is 26.1 Å². The average molecular weight is 548 g/mol. The minimum atomic E-state index is -0.871. The second kappa shape index (κ2) is 16.5. The predicted molar refractivity (Wildman–Crippen MR) is 158 cm³/mol. The third-order valence-electron chi connectivity index (χ3n) is 7.34. The molecular formula is C30H49N3O6. The number of aliphatic hydroxyl groups is 1. The van der Waals surface area contributed by atoms with E-state index < -0.39 is 23.0 Å².